The second-order valence-electron chi connectivity index (χ2n) is 5.48. The lowest BCUT2D eigenvalue weighted by atomic mass is 10.0. The van der Waals surface area contributed by atoms with Crippen LogP contribution in [0, 0.1) is 11.6 Å². The number of sulfone groups is 1. The van der Waals surface area contributed by atoms with E-state index in [-0.39, 0.29) is 33.2 Å². The Morgan fingerprint density at radius 2 is 1.92 bits per heavy atom. The van der Waals surface area contributed by atoms with Crippen molar-refractivity contribution < 1.29 is 22.0 Å². The Bertz CT molecular complexity index is 1050. The highest BCUT2D eigenvalue weighted by atomic mass is 32.2. The summed E-state index contributed by atoms with van der Waals surface area (Å²) < 4.78 is 51.4. The van der Waals surface area contributed by atoms with Crippen LogP contribution in [0.5, 0.6) is 0 Å². The summed E-state index contributed by atoms with van der Waals surface area (Å²) in [5, 5.41) is 2.73. The van der Waals surface area contributed by atoms with E-state index in [1.165, 1.54) is 12.3 Å². The van der Waals surface area contributed by atoms with Gasteiger partial charge in [-0.3, -0.25) is 20.6 Å². The molecule has 0 spiro atoms. The van der Waals surface area contributed by atoms with Crippen molar-refractivity contribution >= 4 is 32.8 Å². The number of fused-ring (bicyclic) bond motifs is 1. The van der Waals surface area contributed by atoms with Gasteiger partial charge in [0, 0.05) is 17.9 Å². The predicted octanol–water partition coefficient (Wildman–Crippen LogP) is 0.959. The lowest BCUT2D eigenvalue weighted by molar-refractivity contribution is -0.114. The normalized spacial score (nSPS) is 13.5. The van der Waals surface area contributed by atoms with Gasteiger partial charge < -0.3 is 11.1 Å². The van der Waals surface area contributed by atoms with E-state index in [1.54, 1.807) is 0 Å². The zero-order chi connectivity index (χ0) is 19.1. The van der Waals surface area contributed by atoms with Gasteiger partial charge in [0.25, 0.3) is 5.91 Å². The van der Waals surface area contributed by atoms with Gasteiger partial charge in [0.1, 0.15) is 17.3 Å². The molecule has 8 nitrogen and oxygen atoms in total. The third kappa shape index (κ3) is 3.28. The Morgan fingerprint density at radius 1 is 1.19 bits per heavy atom. The molecule has 0 saturated carbocycles. The van der Waals surface area contributed by atoms with Gasteiger partial charge in [0.2, 0.25) is 0 Å². The maximum absolute atomic E-state index is 14.4. The quantitative estimate of drug-likeness (QED) is 0.621. The first-order valence-corrected chi connectivity index (χ1v) is 9.03. The average Bonchev–Trinajstić information content (AvgIpc) is 2.54. The minimum atomic E-state index is -3.73. The van der Waals surface area contributed by atoms with Gasteiger partial charge in [-0.2, -0.15) is 0 Å². The summed E-state index contributed by atoms with van der Waals surface area (Å²) in [6, 6.07) is 3.12. The van der Waals surface area contributed by atoms with E-state index in [1.807, 2.05) is 0 Å². The summed E-state index contributed by atoms with van der Waals surface area (Å²) in [5.41, 5.74) is 10.1. The van der Waals surface area contributed by atoms with Gasteiger partial charge in [-0.1, -0.05) is 0 Å². The number of anilines is 2. The van der Waals surface area contributed by atoms with Crippen LogP contribution in [0.2, 0.25) is 0 Å². The highest BCUT2D eigenvalue weighted by molar-refractivity contribution is 7.90. The monoisotopic (exact) mass is 381 g/mol. The van der Waals surface area contributed by atoms with Crippen molar-refractivity contribution in [2.45, 2.75) is 4.90 Å². The Kier molecular flexibility index (Phi) is 4.24. The van der Waals surface area contributed by atoms with Crippen LogP contribution >= 0.6 is 0 Å². The van der Waals surface area contributed by atoms with Crippen molar-refractivity contribution in [2.75, 3.05) is 17.0 Å². The minimum Gasteiger partial charge on any atom is -0.364 e. The Labute approximate surface area is 147 Å². The largest absolute Gasteiger partial charge is 0.364 e. The van der Waals surface area contributed by atoms with Crippen LogP contribution in [0.1, 0.15) is 5.56 Å². The molecule has 0 radical (unpaired) electrons. The Hall–Kier alpha value is -3.21. The van der Waals surface area contributed by atoms with Gasteiger partial charge in [0.05, 0.1) is 34.4 Å². The number of nitrogens with zero attached hydrogens (tertiary/aromatic N) is 1. The minimum absolute atomic E-state index is 0.0250. The summed E-state index contributed by atoms with van der Waals surface area (Å²) in [6.45, 7) is 0. The molecule has 0 atom stereocenters. The van der Waals surface area contributed by atoms with Crippen molar-refractivity contribution in [3.05, 3.63) is 53.5 Å². The summed E-state index contributed by atoms with van der Waals surface area (Å²) in [4.78, 5) is 15.1. The molecule has 3 rings (SSSR count). The smallest absolute Gasteiger partial charge is 0.268 e. The zero-order valence-electron chi connectivity index (χ0n) is 13.3. The second-order valence-corrected chi connectivity index (χ2v) is 7.50. The molecule has 11 heteroatoms. The fraction of sp³-hybridized carbons (Fsp3) is 0.0667. The van der Waals surface area contributed by atoms with Crippen LogP contribution < -0.4 is 21.9 Å². The van der Waals surface area contributed by atoms with Crippen LogP contribution in [0.3, 0.4) is 0 Å². The highest BCUT2D eigenvalue weighted by Gasteiger charge is 2.27. The molecule has 26 heavy (non-hydrogen) atoms. The molecule has 1 aromatic carbocycles. The summed E-state index contributed by atoms with van der Waals surface area (Å²) in [7, 11) is -3.73. The number of carbonyl (C=O) groups excluding carboxylic acids is 1. The van der Waals surface area contributed by atoms with Crippen molar-refractivity contribution in [2.24, 2.45) is 5.73 Å². The maximum atomic E-state index is 14.4. The molecule has 0 fully saturated rings. The standard InChI is InChI=1S/C15H13F2N5O3S/c1-26(24,25)9-3-10-12(11(17)4-9)21-22-14(15(18)23)13(10)20-8-2-7(16)5-19-6-8/h2-6,20-22H,1H3,(H2,18,23). The second kappa shape index (κ2) is 6.26. The number of amides is 1. The van der Waals surface area contributed by atoms with E-state index in [4.69, 9.17) is 5.73 Å². The molecule has 1 aromatic heterocycles. The molecule has 2 aromatic rings. The van der Waals surface area contributed by atoms with E-state index in [9.17, 15) is 22.0 Å². The molecule has 1 aliphatic rings. The molecule has 0 bridgehead atoms. The molecular weight excluding hydrogens is 368 g/mol. The lowest BCUT2D eigenvalue weighted by Gasteiger charge is -2.26. The van der Waals surface area contributed by atoms with E-state index < -0.39 is 27.4 Å². The number of benzene rings is 1. The third-order valence-corrected chi connectivity index (χ3v) is 4.64. The predicted molar refractivity (Wildman–Crippen MR) is 90.2 cm³/mol. The molecule has 2 heterocycles. The zero-order valence-corrected chi connectivity index (χ0v) is 14.1. The number of hydrazine groups is 1. The van der Waals surface area contributed by atoms with Crippen LogP contribution in [0.25, 0.3) is 5.70 Å². The van der Waals surface area contributed by atoms with Crippen LogP contribution in [0.15, 0.2) is 41.2 Å². The number of hydrogen-bond donors (Lipinski definition) is 4. The molecular formula is C15H13F2N5O3S. The molecule has 0 unspecified atom stereocenters. The van der Waals surface area contributed by atoms with Gasteiger partial charge in [0.15, 0.2) is 9.84 Å². The molecule has 1 amide bonds. The SMILES string of the molecule is CS(=O)(=O)c1cc(F)c2c(c1)C(Nc1cncc(F)c1)=C(C(N)=O)NN2. The van der Waals surface area contributed by atoms with Crippen LogP contribution in [0.4, 0.5) is 20.2 Å². The summed E-state index contributed by atoms with van der Waals surface area (Å²) >= 11 is 0. The number of nitrogens with one attached hydrogen (secondary N) is 3. The van der Waals surface area contributed by atoms with Gasteiger partial charge in [-0.25, -0.2) is 17.2 Å². The summed E-state index contributed by atoms with van der Waals surface area (Å²) in [5.74, 6) is -2.41. The fourth-order valence-electron chi connectivity index (χ4n) is 2.38. The number of hydrogen-bond acceptors (Lipinski definition) is 7. The number of nitrogens with two attached hydrogens (primary N) is 1. The topological polar surface area (TPSA) is 126 Å². The number of halogens is 2. The van der Waals surface area contributed by atoms with Crippen molar-refractivity contribution in [1.82, 2.24) is 10.4 Å². The van der Waals surface area contributed by atoms with E-state index in [2.05, 4.69) is 21.2 Å². The molecule has 136 valence electrons. The number of aromatic nitrogens is 1. The molecule has 5 N–H and O–H groups in total. The van der Waals surface area contributed by atoms with Crippen molar-refractivity contribution in [1.29, 1.82) is 0 Å². The lowest BCUT2D eigenvalue weighted by Crippen LogP contribution is -2.36. The third-order valence-electron chi connectivity index (χ3n) is 3.54. The van der Waals surface area contributed by atoms with Gasteiger partial charge >= 0.3 is 0 Å². The first-order chi connectivity index (χ1) is 12.2. The van der Waals surface area contributed by atoms with E-state index in [0.717, 1.165) is 24.6 Å². The number of carbonyl (C=O) groups is 1. The van der Waals surface area contributed by atoms with Gasteiger partial charge in [-0.15, -0.1) is 0 Å². The van der Waals surface area contributed by atoms with E-state index in [0.29, 0.717) is 0 Å². The molecule has 0 aliphatic carbocycles. The van der Waals surface area contributed by atoms with Crippen LogP contribution in [-0.2, 0) is 14.6 Å². The van der Waals surface area contributed by atoms with Gasteiger partial charge in [-0.05, 0) is 12.1 Å². The van der Waals surface area contributed by atoms with Crippen LogP contribution in [-0.4, -0.2) is 25.6 Å². The Balaban J connectivity index is 2.22. The molecule has 1 aliphatic heterocycles. The van der Waals surface area contributed by atoms with Crippen molar-refractivity contribution in [3.8, 4) is 0 Å². The maximum Gasteiger partial charge on any atom is 0.268 e. The first-order valence-electron chi connectivity index (χ1n) is 7.14. The average molecular weight is 381 g/mol. The van der Waals surface area contributed by atoms with E-state index >= 15 is 0 Å². The number of pyridine rings is 1. The van der Waals surface area contributed by atoms with Crippen molar-refractivity contribution in [3.63, 3.8) is 0 Å². The molecule has 0 saturated heterocycles. The summed E-state index contributed by atoms with van der Waals surface area (Å²) in [6.07, 6.45) is 3.17. The number of rotatable bonds is 4. The highest BCUT2D eigenvalue weighted by Crippen LogP contribution is 2.34. The Morgan fingerprint density at radius 3 is 2.54 bits per heavy atom. The number of primary amides is 1. The fourth-order valence-corrected chi connectivity index (χ4v) is 3.03. The first kappa shape index (κ1) is 17.6.